The van der Waals surface area contributed by atoms with Crippen molar-refractivity contribution in [1.29, 1.82) is 0 Å². The predicted octanol–water partition coefficient (Wildman–Crippen LogP) is 2.94. The molecular formula is C18H21Cl2N3O3S. The van der Waals surface area contributed by atoms with Gasteiger partial charge < -0.3 is 10.6 Å². The van der Waals surface area contributed by atoms with E-state index in [2.05, 4.69) is 0 Å². The van der Waals surface area contributed by atoms with Crippen LogP contribution in [0.3, 0.4) is 0 Å². The Morgan fingerprint density at radius 2 is 1.89 bits per heavy atom. The van der Waals surface area contributed by atoms with Crippen molar-refractivity contribution in [3.8, 4) is 0 Å². The van der Waals surface area contributed by atoms with Crippen LogP contribution >= 0.6 is 24.0 Å². The summed E-state index contributed by atoms with van der Waals surface area (Å²) in [5, 5.41) is 0.449. The molecule has 1 heterocycles. The zero-order valence-electron chi connectivity index (χ0n) is 14.8. The fraction of sp³-hybridized carbons (Fsp3) is 0.278. The van der Waals surface area contributed by atoms with Gasteiger partial charge >= 0.3 is 0 Å². The van der Waals surface area contributed by atoms with Crippen LogP contribution in [-0.4, -0.2) is 38.8 Å². The van der Waals surface area contributed by atoms with Crippen LogP contribution in [0.2, 0.25) is 5.02 Å². The number of nitrogen functional groups attached to an aromatic ring is 1. The van der Waals surface area contributed by atoms with Gasteiger partial charge in [-0.15, -0.1) is 12.4 Å². The Morgan fingerprint density at radius 3 is 2.56 bits per heavy atom. The number of nitrogens with two attached hydrogens (primary N) is 1. The van der Waals surface area contributed by atoms with Crippen molar-refractivity contribution in [2.24, 2.45) is 0 Å². The lowest BCUT2D eigenvalue weighted by Gasteiger charge is -2.31. The number of fused-ring (bicyclic) bond motifs is 1. The smallest absolute Gasteiger partial charge is 0.243 e. The molecule has 0 saturated heterocycles. The first-order valence-electron chi connectivity index (χ1n) is 8.20. The summed E-state index contributed by atoms with van der Waals surface area (Å²) in [5.41, 5.74) is 8.36. The van der Waals surface area contributed by atoms with Crippen LogP contribution in [0.15, 0.2) is 47.4 Å². The van der Waals surface area contributed by atoms with Crippen LogP contribution in [0.25, 0.3) is 0 Å². The molecule has 146 valence electrons. The van der Waals surface area contributed by atoms with E-state index >= 15 is 0 Å². The zero-order chi connectivity index (χ0) is 18.9. The molecular weight excluding hydrogens is 409 g/mol. The summed E-state index contributed by atoms with van der Waals surface area (Å²) >= 11 is 5.81. The largest absolute Gasteiger partial charge is 0.398 e. The molecule has 1 aliphatic heterocycles. The molecule has 27 heavy (non-hydrogen) atoms. The van der Waals surface area contributed by atoms with Crippen molar-refractivity contribution in [2.75, 3.05) is 30.8 Å². The fourth-order valence-corrected chi connectivity index (χ4v) is 4.30. The van der Waals surface area contributed by atoms with Crippen LogP contribution < -0.4 is 10.6 Å². The number of likely N-dealkylation sites (N-methyl/N-ethyl adjacent to an activating group) is 1. The number of nitrogens with zero attached hydrogens (tertiary/aromatic N) is 2. The number of sulfonamides is 1. The minimum atomic E-state index is -3.77. The number of hydrogen-bond donors (Lipinski definition) is 1. The van der Waals surface area contributed by atoms with E-state index in [1.54, 1.807) is 11.0 Å². The lowest BCUT2D eigenvalue weighted by Crippen LogP contribution is -2.43. The Morgan fingerprint density at radius 1 is 1.22 bits per heavy atom. The third-order valence-corrected chi connectivity index (χ3v) is 6.54. The molecule has 0 radical (unpaired) electrons. The van der Waals surface area contributed by atoms with Gasteiger partial charge in [-0.2, -0.15) is 4.31 Å². The molecule has 0 saturated carbocycles. The monoisotopic (exact) mass is 429 g/mol. The second-order valence-corrected chi connectivity index (χ2v) is 8.69. The molecule has 1 aliphatic rings. The summed E-state index contributed by atoms with van der Waals surface area (Å²) in [7, 11) is -2.38. The summed E-state index contributed by atoms with van der Waals surface area (Å²) < 4.78 is 26.4. The van der Waals surface area contributed by atoms with E-state index in [1.807, 2.05) is 12.1 Å². The first-order valence-corrected chi connectivity index (χ1v) is 10.0. The van der Waals surface area contributed by atoms with Gasteiger partial charge in [0.15, 0.2) is 0 Å². The van der Waals surface area contributed by atoms with Crippen molar-refractivity contribution in [3.05, 3.63) is 53.1 Å². The second-order valence-electron chi connectivity index (χ2n) is 6.21. The molecule has 3 rings (SSSR count). The van der Waals surface area contributed by atoms with Gasteiger partial charge in [-0.3, -0.25) is 4.79 Å². The van der Waals surface area contributed by atoms with Gasteiger partial charge in [0.25, 0.3) is 0 Å². The van der Waals surface area contributed by atoms with E-state index in [1.165, 1.54) is 31.3 Å². The van der Waals surface area contributed by atoms with E-state index in [9.17, 15) is 13.2 Å². The highest BCUT2D eigenvalue weighted by atomic mass is 35.5. The van der Waals surface area contributed by atoms with Gasteiger partial charge in [0.1, 0.15) is 0 Å². The lowest BCUT2D eigenvalue weighted by atomic mass is 10.00. The second kappa shape index (κ2) is 8.48. The zero-order valence-corrected chi connectivity index (χ0v) is 17.1. The van der Waals surface area contributed by atoms with E-state index < -0.39 is 10.0 Å². The van der Waals surface area contributed by atoms with Crippen LogP contribution in [0.5, 0.6) is 0 Å². The first kappa shape index (κ1) is 21.5. The van der Waals surface area contributed by atoms with Crippen LogP contribution in [0.1, 0.15) is 12.0 Å². The van der Waals surface area contributed by atoms with Gasteiger partial charge in [0, 0.05) is 30.0 Å². The Labute approximate surface area is 170 Å². The fourth-order valence-electron chi connectivity index (χ4n) is 3.06. The Kier molecular flexibility index (Phi) is 6.75. The number of benzene rings is 2. The number of halogens is 2. The van der Waals surface area contributed by atoms with Crippen LogP contribution in [0, 0.1) is 0 Å². The molecule has 2 aromatic carbocycles. The van der Waals surface area contributed by atoms with E-state index in [0.717, 1.165) is 28.4 Å². The average molecular weight is 430 g/mol. The summed E-state index contributed by atoms with van der Waals surface area (Å²) in [6.07, 6.45) is 1.60. The average Bonchev–Trinajstić information content (AvgIpc) is 2.62. The highest BCUT2D eigenvalue weighted by molar-refractivity contribution is 7.89. The summed E-state index contributed by atoms with van der Waals surface area (Å²) in [4.78, 5) is 14.5. The van der Waals surface area contributed by atoms with Crippen molar-refractivity contribution in [1.82, 2.24) is 4.31 Å². The van der Waals surface area contributed by atoms with Gasteiger partial charge in [-0.05, 0) is 54.8 Å². The van der Waals surface area contributed by atoms with Crippen molar-refractivity contribution in [2.45, 2.75) is 17.7 Å². The molecule has 6 nitrogen and oxygen atoms in total. The molecule has 1 amide bonds. The molecule has 9 heteroatoms. The maximum atomic E-state index is 12.8. The van der Waals surface area contributed by atoms with Gasteiger partial charge in [-0.1, -0.05) is 17.7 Å². The normalized spacial score (nSPS) is 13.8. The standard InChI is InChI=1S/C18H20ClN3O3S.ClH/c1-21(26(24,25)14-9-7-13(19)8-10-14)12-18(23)22-11-3-4-15-16(20)5-2-6-17(15)22;/h2,5-10H,3-4,11-12,20H2,1H3;1H. The number of hydrogen-bond acceptors (Lipinski definition) is 4. The van der Waals surface area contributed by atoms with Crippen molar-refractivity contribution < 1.29 is 13.2 Å². The lowest BCUT2D eigenvalue weighted by molar-refractivity contribution is -0.118. The molecule has 0 fully saturated rings. The Hall–Kier alpha value is -1.80. The molecule has 0 aromatic heterocycles. The molecule has 0 unspecified atom stereocenters. The van der Waals surface area contributed by atoms with Crippen molar-refractivity contribution in [3.63, 3.8) is 0 Å². The third-order valence-electron chi connectivity index (χ3n) is 4.47. The number of rotatable bonds is 4. The number of anilines is 2. The minimum absolute atomic E-state index is 0. The van der Waals surface area contributed by atoms with Crippen molar-refractivity contribution >= 4 is 51.3 Å². The Balaban J connectivity index is 0.00000261. The molecule has 2 N–H and O–H groups in total. The number of carbonyl (C=O) groups excluding carboxylic acids is 1. The highest BCUT2D eigenvalue weighted by Gasteiger charge is 2.28. The van der Waals surface area contributed by atoms with E-state index in [-0.39, 0.29) is 29.8 Å². The molecule has 0 spiro atoms. The van der Waals surface area contributed by atoms with Gasteiger partial charge in [-0.25, -0.2) is 8.42 Å². The van der Waals surface area contributed by atoms with Crippen LogP contribution in [0.4, 0.5) is 11.4 Å². The summed E-state index contributed by atoms with van der Waals surface area (Å²) in [6.45, 7) is 0.295. The van der Waals surface area contributed by atoms with E-state index in [4.69, 9.17) is 17.3 Å². The maximum Gasteiger partial charge on any atom is 0.243 e. The van der Waals surface area contributed by atoms with Gasteiger partial charge in [0.05, 0.1) is 11.4 Å². The summed E-state index contributed by atoms with van der Waals surface area (Å²) in [5.74, 6) is -0.281. The molecule has 0 aliphatic carbocycles. The minimum Gasteiger partial charge on any atom is -0.398 e. The first-order chi connectivity index (χ1) is 12.3. The number of carbonyl (C=O) groups is 1. The predicted molar refractivity (Wildman–Crippen MR) is 110 cm³/mol. The van der Waals surface area contributed by atoms with E-state index in [0.29, 0.717) is 17.3 Å². The molecule has 0 bridgehead atoms. The molecule has 0 atom stereocenters. The highest BCUT2D eigenvalue weighted by Crippen LogP contribution is 2.31. The number of amides is 1. The molecule has 2 aromatic rings. The SMILES string of the molecule is CN(CC(=O)N1CCCc2c(N)cccc21)S(=O)(=O)c1ccc(Cl)cc1.Cl. The Bertz CT molecular complexity index is 933. The topological polar surface area (TPSA) is 83.7 Å². The summed E-state index contributed by atoms with van der Waals surface area (Å²) in [6, 6.07) is 11.3. The third kappa shape index (κ3) is 4.38. The van der Waals surface area contributed by atoms with Gasteiger partial charge in [0.2, 0.25) is 15.9 Å². The quantitative estimate of drug-likeness (QED) is 0.757. The van der Waals surface area contributed by atoms with Crippen LogP contribution in [-0.2, 0) is 21.2 Å². The maximum absolute atomic E-state index is 12.8.